The van der Waals surface area contributed by atoms with Crippen molar-refractivity contribution in [3.05, 3.63) is 29.0 Å². The van der Waals surface area contributed by atoms with Crippen molar-refractivity contribution in [2.45, 2.75) is 63.6 Å². The van der Waals surface area contributed by atoms with E-state index in [0.717, 1.165) is 19.3 Å². The first-order valence-electron chi connectivity index (χ1n) is 7.48. The Morgan fingerprint density at radius 2 is 2.14 bits per heavy atom. The van der Waals surface area contributed by atoms with E-state index in [4.69, 9.17) is 16.3 Å². The van der Waals surface area contributed by atoms with E-state index >= 15 is 0 Å². The third-order valence-corrected chi connectivity index (χ3v) is 4.54. The van der Waals surface area contributed by atoms with Crippen LogP contribution in [-0.2, 0) is 4.74 Å². The van der Waals surface area contributed by atoms with Crippen LogP contribution in [0.5, 0.6) is 0 Å². The second kappa shape index (κ2) is 5.16. The zero-order valence-electron chi connectivity index (χ0n) is 12.7. The number of hydrogen-bond acceptors (Lipinski definition) is 3. The van der Waals surface area contributed by atoms with Crippen LogP contribution in [0.3, 0.4) is 0 Å². The summed E-state index contributed by atoms with van der Waals surface area (Å²) in [5, 5.41) is 0.505. The molecular weight excluding hydrogens is 288 g/mol. The Balaban J connectivity index is 1.78. The second-order valence-electron chi connectivity index (χ2n) is 6.94. The summed E-state index contributed by atoms with van der Waals surface area (Å²) in [5.41, 5.74) is 0.719. The molecule has 0 saturated carbocycles. The number of carbonyl (C=O) groups is 1. The molecule has 1 amide bonds. The molecule has 2 aliphatic rings. The summed E-state index contributed by atoms with van der Waals surface area (Å²) in [6.45, 7) is 5.72. The van der Waals surface area contributed by atoms with Crippen molar-refractivity contribution >= 4 is 17.7 Å². The molecule has 3 atom stereocenters. The third-order valence-electron chi connectivity index (χ3n) is 4.32. The third kappa shape index (κ3) is 2.86. The molecule has 2 bridgehead atoms. The Bertz CT molecular complexity index is 538. The van der Waals surface area contributed by atoms with Crippen molar-refractivity contribution in [3.8, 4) is 0 Å². The highest BCUT2D eigenvalue weighted by atomic mass is 35.5. The maximum absolute atomic E-state index is 12.4. The summed E-state index contributed by atoms with van der Waals surface area (Å²) >= 11 is 5.85. The van der Waals surface area contributed by atoms with Gasteiger partial charge in [-0.25, -0.2) is 9.78 Å². The van der Waals surface area contributed by atoms with E-state index in [-0.39, 0.29) is 12.1 Å². The van der Waals surface area contributed by atoms with Crippen LogP contribution in [0.4, 0.5) is 4.79 Å². The SMILES string of the molecule is CC(C)(C)OC(=O)N1C2CCC1C(c1ccc(Cl)nc1)C2. The molecule has 1 aromatic rings. The van der Waals surface area contributed by atoms with Crippen LogP contribution >= 0.6 is 11.6 Å². The minimum absolute atomic E-state index is 0.181. The number of fused-ring (bicyclic) bond motifs is 2. The summed E-state index contributed by atoms with van der Waals surface area (Å²) in [5.74, 6) is 0.348. The van der Waals surface area contributed by atoms with Crippen LogP contribution in [0.2, 0.25) is 5.15 Å². The van der Waals surface area contributed by atoms with Gasteiger partial charge in [0.15, 0.2) is 0 Å². The molecule has 3 rings (SSSR count). The van der Waals surface area contributed by atoms with E-state index in [1.165, 1.54) is 5.56 Å². The van der Waals surface area contributed by atoms with Crippen molar-refractivity contribution in [2.24, 2.45) is 0 Å². The summed E-state index contributed by atoms with van der Waals surface area (Å²) in [7, 11) is 0. The number of amides is 1. The molecule has 2 saturated heterocycles. The number of hydrogen-bond donors (Lipinski definition) is 0. The standard InChI is InChI=1S/C16H21ClN2O2/c1-16(2,3)21-15(20)19-11-5-6-13(19)12(8-11)10-4-7-14(17)18-9-10/h4,7,9,11-13H,5-6,8H2,1-3H3. The highest BCUT2D eigenvalue weighted by molar-refractivity contribution is 6.29. The topological polar surface area (TPSA) is 42.4 Å². The quantitative estimate of drug-likeness (QED) is 0.737. The van der Waals surface area contributed by atoms with Crippen molar-refractivity contribution in [1.82, 2.24) is 9.88 Å². The fraction of sp³-hybridized carbons (Fsp3) is 0.625. The highest BCUT2D eigenvalue weighted by Gasteiger charge is 2.50. The lowest BCUT2D eigenvalue weighted by Gasteiger charge is -2.28. The Hall–Kier alpha value is -1.29. The number of rotatable bonds is 1. The molecule has 3 unspecified atom stereocenters. The zero-order valence-corrected chi connectivity index (χ0v) is 13.4. The molecule has 5 heteroatoms. The van der Waals surface area contributed by atoms with Gasteiger partial charge in [0.25, 0.3) is 0 Å². The zero-order chi connectivity index (χ0) is 15.2. The Kier molecular flexibility index (Phi) is 3.60. The van der Waals surface area contributed by atoms with Gasteiger partial charge in [-0.1, -0.05) is 17.7 Å². The molecule has 1 aromatic heterocycles. The lowest BCUT2D eigenvalue weighted by atomic mass is 9.85. The molecule has 0 N–H and O–H groups in total. The first-order valence-corrected chi connectivity index (χ1v) is 7.86. The monoisotopic (exact) mass is 308 g/mol. The van der Waals surface area contributed by atoms with Gasteiger partial charge in [0.1, 0.15) is 10.8 Å². The molecular formula is C16H21ClN2O2. The fourth-order valence-electron chi connectivity index (χ4n) is 3.55. The van der Waals surface area contributed by atoms with E-state index in [1.807, 2.05) is 44.0 Å². The van der Waals surface area contributed by atoms with Gasteiger partial charge >= 0.3 is 6.09 Å². The van der Waals surface area contributed by atoms with Crippen LogP contribution in [0.15, 0.2) is 18.3 Å². The predicted octanol–water partition coefficient (Wildman–Crippen LogP) is 3.99. The molecule has 0 radical (unpaired) electrons. The predicted molar refractivity (Wildman–Crippen MR) is 81.5 cm³/mol. The summed E-state index contributed by atoms with van der Waals surface area (Å²) < 4.78 is 5.56. The second-order valence-corrected chi connectivity index (χ2v) is 7.33. The van der Waals surface area contributed by atoms with Gasteiger partial charge in [-0.05, 0) is 51.7 Å². The average Bonchev–Trinajstić information content (AvgIpc) is 2.95. The van der Waals surface area contributed by atoms with Crippen molar-refractivity contribution in [3.63, 3.8) is 0 Å². The van der Waals surface area contributed by atoms with Gasteiger partial charge in [-0.15, -0.1) is 0 Å². The van der Waals surface area contributed by atoms with Crippen molar-refractivity contribution < 1.29 is 9.53 Å². The van der Waals surface area contributed by atoms with E-state index in [9.17, 15) is 4.79 Å². The lowest BCUT2D eigenvalue weighted by Crippen LogP contribution is -2.40. The van der Waals surface area contributed by atoms with E-state index in [0.29, 0.717) is 17.1 Å². The van der Waals surface area contributed by atoms with Gasteiger partial charge in [0, 0.05) is 24.2 Å². The molecule has 4 nitrogen and oxygen atoms in total. The van der Waals surface area contributed by atoms with Crippen LogP contribution in [0.1, 0.15) is 51.5 Å². The maximum atomic E-state index is 12.4. The van der Waals surface area contributed by atoms with Crippen LogP contribution in [0.25, 0.3) is 0 Å². The Labute approximate surface area is 130 Å². The van der Waals surface area contributed by atoms with Gasteiger partial charge < -0.3 is 9.64 Å². The van der Waals surface area contributed by atoms with Crippen LogP contribution < -0.4 is 0 Å². The molecule has 0 spiro atoms. The van der Waals surface area contributed by atoms with E-state index < -0.39 is 5.60 Å². The number of halogens is 1. The van der Waals surface area contributed by atoms with E-state index in [1.54, 1.807) is 0 Å². The average molecular weight is 309 g/mol. The smallest absolute Gasteiger partial charge is 0.410 e. The van der Waals surface area contributed by atoms with Crippen LogP contribution in [-0.4, -0.2) is 33.7 Å². The minimum atomic E-state index is -0.448. The molecule has 0 aromatic carbocycles. The first kappa shape index (κ1) is 14.6. The number of carbonyl (C=O) groups excluding carboxylic acids is 1. The lowest BCUT2D eigenvalue weighted by molar-refractivity contribution is 0.0213. The first-order chi connectivity index (χ1) is 9.85. The molecule has 21 heavy (non-hydrogen) atoms. The Morgan fingerprint density at radius 1 is 1.38 bits per heavy atom. The highest BCUT2D eigenvalue weighted by Crippen LogP contribution is 2.47. The molecule has 0 aliphatic carbocycles. The molecule has 2 aliphatic heterocycles. The number of pyridine rings is 1. The Morgan fingerprint density at radius 3 is 2.76 bits per heavy atom. The maximum Gasteiger partial charge on any atom is 0.410 e. The minimum Gasteiger partial charge on any atom is -0.444 e. The largest absolute Gasteiger partial charge is 0.444 e. The summed E-state index contributed by atoms with van der Waals surface area (Å²) in [6.07, 6.45) is 4.76. The molecule has 2 fully saturated rings. The number of aromatic nitrogens is 1. The number of nitrogens with zero attached hydrogens (tertiary/aromatic N) is 2. The fourth-order valence-corrected chi connectivity index (χ4v) is 3.66. The number of ether oxygens (including phenoxy) is 1. The molecule has 114 valence electrons. The van der Waals surface area contributed by atoms with Gasteiger partial charge in [0.2, 0.25) is 0 Å². The van der Waals surface area contributed by atoms with Gasteiger partial charge in [0.05, 0.1) is 0 Å². The van der Waals surface area contributed by atoms with Crippen molar-refractivity contribution in [1.29, 1.82) is 0 Å². The normalized spacial score (nSPS) is 28.0. The van der Waals surface area contributed by atoms with Crippen molar-refractivity contribution in [2.75, 3.05) is 0 Å². The van der Waals surface area contributed by atoms with E-state index in [2.05, 4.69) is 4.98 Å². The summed E-state index contributed by atoms with van der Waals surface area (Å²) in [6, 6.07) is 4.37. The molecule has 3 heterocycles. The van der Waals surface area contributed by atoms with Gasteiger partial charge in [-0.3, -0.25) is 0 Å². The summed E-state index contributed by atoms with van der Waals surface area (Å²) in [4.78, 5) is 18.5. The van der Waals surface area contributed by atoms with Crippen LogP contribution in [0, 0.1) is 0 Å². The van der Waals surface area contributed by atoms with Gasteiger partial charge in [-0.2, -0.15) is 0 Å².